The number of sulfonamides is 1. The molecule has 108 valence electrons. The Morgan fingerprint density at radius 1 is 1.26 bits per heavy atom. The van der Waals surface area contributed by atoms with Gasteiger partial charge in [-0.05, 0) is 35.6 Å². The van der Waals surface area contributed by atoms with Crippen LogP contribution in [0.25, 0.3) is 0 Å². The first-order valence-electron chi connectivity index (χ1n) is 6.47. The summed E-state index contributed by atoms with van der Waals surface area (Å²) in [5, 5.41) is 0. The largest absolute Gasteiger partial charge is 0.242 e. The number of benzene rings is 1. The lowest BCUT2D eigenvalue weighted by Gasteiger charge is -2.20. The summed E-state index contributed by atoms with van der Waals surface area (Å²) in [6.45, 7) is 6.53. The molecule has 1 aromatic carbocycles. The molecule has 0 spiro atoms. The maximum absolute atomic E-state index is 12.4. The van der Waals surface area contributed by atoms with E-state index in [-0.39, 0.29) is 0 Å². The maximum atomic E-state index is 12.4. The molecule has 0 aliphatic rings. The number of nitrogens with zero attached hydrogens (tertiary/aromatic N) is 1. The number of hydrogen-bond acceptors (Lipinski definition) is 2. The van der Waals surface area contributed by atoms with E-state index in [1.54, 1.807) is 19.2 Å². The molecular formula is C14H22ClNO2S. The van der Waals surface area contributed by atoms with Gasteiger partial charge in [-0.3, -0.25) is 0 Å². The van der Waals surface area contributed by atoms with Crippen molar-refractivity contribution in [2.45, 2.75) is 38.0 Å². The molecule has 0 N–H and O–H groups in total. The maximum Gasteiger partial charge on any atom is 0.242 e. The molecule has 0 bridgehead atoms. The van der Waals surface area contributed by atoms with Crippen LogP contribution in [0.2, 0.25) is 0 Å². The van der Waals surface area contributed by atoms with Crippen molar-refractivity contribution in [2.24, 2.45) is 5.92 Å². The topological polar surface area (TPSA) is 37.4 Å². The third kappa shape index (κ3) is 3.94. The molecule has 0 saturated heterocycles. The van der Waals surface area contributed by atoms with Crippen molar-refractivity contribution < 1.29 is 8.42 Å². The molecule has 0 heterocycles. The van der Waals surface area contributed by atoms with Crippen molar-refractivity contribution >= 4 is 21.6 Å². The summed E-state index contributed by atoms with van der Waals surface area (Å²) in [7, 11) is -1.80. The fourth-order valence-corrected chi connectivity index (χ4v) is 3.66. The van der Waals surface area contributed by atoms with Crippen LogP contribution in [-0.4, -0.2) is 26.3 Å². The average Bonchev–Trinajstić information content (AvgIpc) is 2.36. The Morgan fingerprint density at radius 3 is 2.37 bits per heavy atom. The van der Waals surface area contributed by atoms with Gasteiger partial charge in [0.05, 0.1) is 4.90 Å². The van der Waals surface area contributed by atoms with Gasteiger partial charge in [-0.25, -0.2) is 12.7 Å². The van der Waals surface area contributed by atoms with Gasteiger partial charge < -0.3 is 0 Å². The third-order valence-corrected chi connectivity index (χ3v) is 5.14. The minimum atomic E-state index is -3.42. The molecule has 0 atom stereocenters. The molecule has 3 nitrogen and oxygen atoms in total. The first kappa shape index (κ1) is 16.5. The van der Waals surface area contributed by atoms with E-state index in [0.717, 1.165) is 17.5 Å². The first-order valence-corrected chi connectivity index (χ1v) is 8.44. The van der Waals surface area contributed by atoms with Crippen molar-refractivity contribution in [3.63, 3.8) is 0 Å². The number of alkyl halides is 1. The molecule has 0 aliphatic carbocycles. The normalized spacial score (nSPS) is 12.4. The van der Waals surface area contributed by atoms with Crippen molar-refractivity contribution in [1.82, 2.24) is 4.31 Å². The second-order valence-corrected chi connectivity index (χ2v) is 7.41. The van der Waals surface area contributed by atoms with Gasteiger partial charge in [0, 0.05) is 19.5 Å². The van der Waals surface area contributed by atoms with Gasteiger partial charge >= 0.3 is 0 Å². The SMILES string of the molecule is CCc1ccc(S(=O)(=O)N(C)CC(C)C)cc1CCl. The van der Waals surface area contributed by atoms with Gasteiger partial charge in [0.2, 0.25) is 10.0 Å². The average molecular weight is 304 g/mol. The second-order valence-electron chi connectivity index (χ2n) is 5.10. The monoisotopic (exact) mass is 303 g/mol. The van der Waals surface area contributed by atoms with Crippen molar-refractivity contribution in [3.8, 4) is 0 Å². The van der Waals surface area contributed by atoms with Crippen LogP contribution in [-0.2, 0) is 22.3 Å². The van der Waals surface area contributed by atoms with Crippen LogP contribution in [0.5, 0.6) is 0 Å². The zero-order chi connectivity index (χ0) is 14.6. The second kappa shape index (κ2) is 6.73. The molecule has 0 amide bonds. The van der Waals surface area contributed by atoms with Crippen molar-refractivity contribution in [1.29, 1.82) is 0 Å². The van der Waals surface area contributed by atoms with E-state index in [0.29, 0.717) is 23.2 Å². The Balaban J connectivity index is 3.15. The lowest BCUT2D eigenvalue weighted by molar-refractivity contribution is 0.417. The van der Waals surface area contributed by atoms with Gasteiger partial charge in [0.15, 0.2) is 0 Å². The Bertz CT molecular complexity index is 526. The van der Waals surface area contributed by atoms with Crippen molar-refractivity contribution in [2.75, 3.05) is 13.6 Å². The van der Waals surface area contributed by atoms with E-state index < -0.39 is 10.0 Å². The van der Waals surface area contributed by atoms with Gasteiger partial charge in [0.1, 0.15) is 0 Å². The molecule has 1 aromatic rings. The lowest BCUT2D eigenvalue weighted by atomic mass is 10.1. The van der Waals surface area contributed by atoms with Gasteiger partial charge in [-0.2, -0.15) is 0 Å². The minimum absolute atomic E-state index is 0.294. The molecule has 1 rings (SSSR count). The summed E-state index contributed by atoms with van der Waals surface area (Å²) >= 11 is 5.89. The fourth-order valence-electron chi connectivity index (χ4n) is 2.02. The van der Waals surface area contributed by atoms with E-state index >= 15 is 0 Å². The van der Waals surface area contributed by atoms with E-state index in [1.165, 1.54) is 4.31 Å². The predicted octanol–water partition coefficient (Wildman–Crippen LogP) is 3.26. The minimum Gasteiger partial charge on any atom is -0.207 e. The van der Waals surface area contributed by atoms with E-state index in [4.69, 9.17) is 11.6 Å². The molecule has 0 aromatic heterocycles. The number of halogens is 1. The zero-order valence-electron chi connectivity index (χ0n) is 12.0. The summed E-state index contributed by atoms with van der Waals surface area (Å²) in [6.07, 6.45) is 0.851. The van der Waals surface area contributed by atoms with Crippen LogP contribution in [0.1, 0.15) is 31.9 Å². The Morgan fingerprint density at radius 2 is 1.89 bits per heavy atom. The quantitative estimate of drug-likeness (QED) is 0.756. The van der Waals surface area contributed by atoms with E-state index in [2.05, 4.69) is 0 Å². The summed E-state index contributed by atoms with van der Waals surface area (Å²) in [5.74, 6) is 0.627. The van der Waals surface area contributed by atoms with Crippen LogP contribution >= 0.6 is 11.6 Å². The smallest absolute Gasteiger partial charge is 0.207 e. The third-order valence-electron chi connectivity index (χ3n) is 3.03. The Kier molecular flexibility index (Phi) is 5.83. The zero-order valence-corrected chi connectivity index (χ0v) is 13.6. The van der Waals surface area contributed by atoms with Gasteiger partial charge in [-0.1, -0.05) is 26.8 Å². The standard InChI is InChI=1S/C14H22ClNO2S/c1-5-12-6-7-14(8-13(12)9-15)19(17,18)16(4)10-11(2)3/h6-8,11H,5,9-10H2,1-4H3. The first-order chi connectivity index (χ1) is 8.82. The molecule has 0 radical (unpaired) electrons. The van der Waals surface area contributed by atoms with Crippen molar-refractivity contribution in [3.05, 3.63) is 29.3 Å². The van der Waals surface area contributed by atoms with Crippen LogP contribution in [0.4, 0.5) is 0 Å². The summed E-state index contributed by atoms with van der Waals surface area (Å²) in [6, 6.07) is 5.22. The van der Waals surface area contributed by atoms with E-state index in [1.807, 2.05) is 26.8 Å². The highest BCUT2D eigenvalue weighted by Crippen LogP contribution is 2.21. The lowest BCUT2D eigenvalue weighted by Crippen LogP contribution is -2.30. The number of hydrogen-bond donors (Lipinski definition) is 0. The Hall–Kier alpha value is -0.580. The fraction of sp³-hybridized carbons (Fsp3) is 0.571. The molecule has 5 heteroatoms. The summed E-state index contributed by atoms with van der Waals surface area (Å²) in [5.41, 5.74) is 1.99. The van der Waals surface area contributed by atoms with Crippen LogP contribution in [0.15, 0.2) is 23.1 Å². The highest BCUT2D eigenvalue weighted by molar-refractivity contribution is 7.89. The molecule has 0 fully saturated rings. The molecule has 0 aliphatic heterocycles. The molecule has 0 saturated carbocycles. The van der Waals surface area contributed by atoms with Gasteiger partial charge in [0.25, 0.3) is 0 Å². The highest BCUT2D eigenvalue weighted by Gasteiger charge is 2.22. The highest BCUT2D eigenvalue weighted by atomic mass is 35.5. The van der Waals surface area contributed by atoms with Crippen LogP contribution < -0.4 is 0 Å². The molecule has 0 unspecified atom stereocenters. The predicted molar refractivity (Wildman–Crippen MR) is 80.0 cm³/mol. The summed E-state index contributed by atoms with van der Waals surface area (Å²) in [4.78, 5) is 0.323. The molecular weight excluding hydrogens is 282 g/mol. The number of rotatable bonds is 6. The van der Waals surface area contributed by atoms with E-state index in [9.17, 15) is 8.42 Å². The summed E-state index contributed by atoms with van der Waals surface area (Å²) < 4.78 is 26.2. The molecule has 19 heavy (non-hydrogen) atoms. The Labute approximate surface area is 121 Å². The van der Waals surface area contributed by atoms with Crippen LogP contribution in [0.3, 0.4) is 0 Å². The van der Waals surface area contributed by atoms with Gasteiger partial charge in [-0.15, -0.1) is 11.6 Å². The number of aryl methyl sites for hydroxylation is 1. The van der Waals surface area contributed by atoms with Crippen LogP contribution in [0, 0.1) is 5.92 Å².